The van der Waals surface area contributed by atoms with Crippen LogP contribution in [0.25, 0.3) is 0 Å². The molecule has 0 aromatic heterocycles. The van der Waals surface area contributed by atoms with Gasteiger partial charge in [-0.3, -0.25) is 0 Å². The van der Waals surface area contributed by atoms with Crippen LogP contribution < -0.4 is 14.5 Å². The topological polar surface area (TPSA) is 18.1 Å². The zero-order chi connectivity index (χ0) is 14.2. The van der Waals surface area contributed by atoms with Gasteiger partial charge in [0.25, 0.3) is 0 Å². The van der Waals surface area contributed by atoms with Crippen LogP contribution >= 0.6 is 15.9 Å². The normalized spacial score (nSPS) is 22.7. The highest BCUT2D eigenvalue weighted by Gasteiger charge is 2.20. The Morgan fingerprint density at radius 3 is 2.55 bits per heavy atom. The molecular formula is C16H27BrN2O+2. The molecule has 0 aliphatic carbocycles. The monoisotopic (exact) mass is 342 g/mol. The average Bonchev–Trinajstić information content (AvgIpc) is 2.48. The minimum atomic E-state index is 0.829. The minimum Gasteiger partial charge on any atom is -0.494 e. The molecule has 1 fully saturated rings. The van der Waals surface area contributed by atoms with Crippen LogP contribution in [0.4, 0.5) is 0 Å². The first-order valence-corrected chi connectivity index (χ1v) is 8.62. The van der Waals surface area contributed by atoms with Crippen molar-refractivity contribution < 1.29 is 14.5 Å². The first-order valence-electron chi connectivity index (χ1n) is 7.83. The number of unbranched alkanes of at least 4 members (excludes halogenated alkanes) is 1. The summed E-state index contributed by atoms with van der Waals surface area (Å²) in [4.78, 5) is 3.55. The number of hydrogen-bond acceptors (Lipinski definition) is 1. The maximum atomic E-state index is 5.77. The van der Waals surface area contributed by atoms with Crippen LogP contribution in [0, 0.1) is 0 Å². The molecule has 20 heavy (non-hydrogen) atoms. The third kappa shape index (κ3) is 5.43. The molecular weight excluding hydrogens is 316 g/mol. The summed E-state index contributed by atoms with van der Waals surface area (Å²) in [6.07, 6.45) is 2.42. The van der Waals surface area contributed by atoms with Gasteiger partial charge in [-0.05, 0) is 38.0 Å². The molecule has 4 heteroatoms. The molecule has 1 heterocycles. The number of ether oxygens (including phenoxy) is 1. The van der Waals surface area contributed by atoms with E-state index in [0.717, 1.165) is 23.2 Å². The van der Waals surface area contributed by atoms with E-state index in [9.17, 15) is 0 Å². The van der Waals surface area contributed by atoms with Crippen LogP contribution in [0.15, 0.2) is 28.7 Å². The van der Waals surface area contributed by atoms with Gasteiger partial charge in [0.05, 0.1) is 19.7 Å². The first kappa shape index (κ1) is 15.8. The van der Waals surface area contributed by atoms with Gasteiger partial charge < -0.3 is 14.5 Å². The molecule has 0 bridgehead atoms. The van der Waals surface area contributed by atoms with E-state index in [1.165, 1.54) is 45.7 Å². The predicted molar refractivity (Wildman–Crippen MR) is 85.7 cm³/mol. The Hall–Kier alpha value is -0.580. The van der Waals surface area contributed by atoms with Gasteiger partial charge in [-0.2, -0.15) is 0 Å². The number of quaternary nitrogens is 2. The Morgan fingerprint density at radius 1 is 1.10 bits per heavy atom. The summed E-state index contributed by atoms with van der Waals surface area (Å²) in [7, 11) is 0. The summed E-state index contributed by atoms with van der Waals surface area (Å²) in [5.41, 5.74) is 0. The van der Waals surface area contributed by atoms with Gasteiger partial charge in [-0.1, -0.05) is 22.0 Å². The van der Waals surface area contributed by atoms with E-state index in [4.69, 9.17) is 4.74 Å². The lowest BCUT2D eigenvalue weighted by molar-refractivity contribution is -1.01. The van der Waals surface area contributed by atoms with Gasteiger partial charge in [0.15, 0.2) is 0 Å². The lowest BCUT2D eigenvalue weighted by Crippen LogP contribution is -3.28. The lowest BCUT2D eigenvalue weighted by Gasteiger charge is -2.28. The number of nitrogens with one attached hydrogen (secondary N) is 2. The molecule has 1 aromatic rings. The molecule has 3 nitrogen and oxygen atoms in total. The molecule has 112 valence electrons. The second-order valence-electron chi connectivity index (χ2n) is 5.62. The standard InChI is InChI=1S/C16H25BrN2O/c1-2-18-9-11-19(12-10-18)8-3-4-13-20-16-7-5-6-15(17)14-16/h5-7,14H,2-4,8-13H2,1H3/p+2. The number of benzene rings is 1. The summed E-state index contributed by atoms with van der Waals surface area (Å²) in [5, 5.41) is 0. The molecule has 0 radical (unpaired) electrons. The van der Waals surface area contributed by atoms with Gasteiger partial charge >= 0.3 is 0 Å². The third-order valence-corrected chi connectivity index (χ3v) is 4.65. The van der Waals surface area contributed by atoms with Crippen LogP contribution in [0.3, 0.4) is 0 Å². The number of rotatable bonds is 7. The second-order valence-corrected chi connectivity index (χ2v) is 6.53. The van der Waals surface area contributed by atoms with Gasteiger partial charge in [-0.25, -0.2) is 0 Å². The highest BCUT2D eigenvalue weighted by molar-refractivity contribution is 9.10. The van der Waals surface area contributed by atoms with E-state index >= 15 is 0 Å². The number of halogens is 1. The van der Waals surface area contributed by atoms with E-state index in [1.807, 2.05) is 24.3 Å². The van der Waals surface area contributed by atoms with Crippen molar-refractivity contribution in [3.63, 3.8) is 0 Å². The maximum Gasteiger partial charge on any atom is 0.127 e. The average molecular weight is 343 g/mol. The quantitative estimate of drug-likeness (QED) is 0.687. The Bertz CT molecular complexity index is 392. The van der Waals surface area contributed by atoms with Crippen LogP contribution in [-0.2, 0) is 0 Å². The highest BCUT2D eigenvalue weighted by Crippen LogP contribution is 2.17. The van der Waals surface area contributed by atoms with Gasteiger partial charge in [-0.15, -0.1) is 0 Å². The van der Waals surface area contributed by atoms with Crippen LogP contribution in [-0.4, -0.2) is 45.9 Å². The molecule has 2 N–H and O–H groups in total. The van der Waals surface area contributed by atoms with Crippen molar-refractivity contribution in [1.29, 1.82) is 0 Å². The Kier molecular flexibility index (Phi) is 6.83. The van der Waals surface area contributed by atoms with E-state index in [0.29, 0.717) is 0 Å². The fraction of sp³-hybridized carbons (Fsp3) is 0.625. The van der Waals surface area contributed by atoms with Crippen molar-refractivity contribution in [1.82, 2.24) is 0 Å². The molecule has 0 amide bonds. The largest absolute Gasteiger partial charge is 0.494 e. The Balaban J connectivity index is 1.54. The van der Waals surface area contributed by atoms with Crippen LogP contribution in [0.1, 0.15) is 19.8 Å². The highest BCUT2D eigenvalue weighted by atomic mass is 79.9. The van der Waals surface area contributed by atoms with E-state index in [1.54, 1.807) is 9.80 Å². The summed E-state index contributed by atoms with van der Waals surface area (Å²) >= 11 is 3.46. The number of hydrogen-bond donors (Lipinski definition) is 2. The molecule has 2 rings (SSSR count). The minimum absolute atomic E-state index is 0.829. The van der Waals surface area contributed by atoms with Crippen molar-refractivity contribution in [3.8, 4) is 5.75 Å². The fourth-order valence-corrected chi connectivity index (χ4v) is 3.16. The van der Waals surface area contributed by atoms with Gasteiger partial charge in [0.1, 0.15) is 31.9 Å². The summed E-state index contributed by atoms with van der Waals surface area (Å²) in [5.74, 6) is 0.965. The van der Waals surface area contributed by atoms with Crippen molar-refractivity contribution in [2.75, 3.05) is 45.9 Å². The molecule has 1 saturated heterocycles. The summed E-state index contributed by atoms with van der Waals surface area (Å²) in [6.45, 7) is 11.1. The molecule has 0 spiro atoms. The molecule has 0 saturated carbocycles. The molecule has 0 atom stereocenters. The summed E-state index contributed by atoms with van der Waals surface area (Å²) in [6, 6.07) is 8.08. The van der Waals surface area contributed by atoms with Crippen molar-refractivity contribution >= 4 is 15.9 Å². The molecule has 1 aliphatic heterocycles. The fourth-order valence-electron chi connectivity index (χ4n) is 2.78. The smallest absolute Gasteiger partial charge is 0.127 e. The predicted octanol–water partition coefficient (Wildman–Crippen LogP) is 0.411. The van der Waals surface area contributed by atoms with Gasteiger partial charge in [0, 0.05) is 4.47 Å². The Morgan fingerprint density at radius 2 is 1.85 bits per heavy atom. The second kappa shape index (κ2) is 8.65. The van der Waals surface area contributed by atoms with Gasteiger partial charge in [0.2, 0.25) is 0 Å². The zero-order valence-electron chi connectivity index (χ0n) is 12.5. The van der Waals surface area contributed by atoms with Crippen molar-refractivity contribution in [2.45, 2.75) is 19.8 Å². The number of piperazine rings is 1. The van der Waals surface area contributed by atoms with Crippen molar-refractivity contribution in [3.05, 3.63) is 28.7 Å². The van der Waals surface area contributed by atoms with Crippen molar-refractivity contribution in [2.24, 2.45) is 0 Å². The molecule has 1 aliphatic rings. The van der Waals surface area contributed by atoms with Crippen LogP contribution in [0.5, 0.6) is 5.75 Å². The molecule has 1 aromatic carbocycles. The number of likely N-dealkylation sites (N-methyl/N-ethyl adjacent to an activating group) is 1. The summed E-state index contributed by atoms with van der Waals surface area (Å²) < 4.78 is 6.85. The third-order valence-electron chi connectivity index (χ3n) is 4.15. The van der Waals surface area contributed by atoms with E-state index in [-0.39, 0.29) is 0 Å². The SMILES string of the molecule is CC[NH+]1CC[NH+](CCCCOc2cccc(Br)c2)CC1. The molecule has 0 unspecified atom stereocenters. The van der Waals surface area contributed by atoms with Crippen LogP contribution in [0.2, 0.25) is 0 Å². The first-order chi connectivity index (χ1) is 9.78. The van der Waals surface area contributed by atoms with E-state index in [2.05, 4.69) is 22.9 Å². The van der Waals surface area contributed by atoms with E-state index < -0.39 is 0 Å². The maximum absolute atomic E-state index is 5.77. The Labute approximate surface area is 131 Å². The lowest BCUT2D eigenvalue weighted by atomic mass is 10.2. The zero-order valence-corrected chi connectivity index (χ0v) is 14.0.